The minimum atomic E-state index is -0.697. The van der Waals surface area contributed by atoms with Crippen LogP contribution in [0.15, 0.2) is 22.7 Å². The molecule has 0 spiro atoms. The van der Waals surface area contributed by atoms with Gasteiger partial charge in [-0.1, -0.05) is 6.07 Å². The highest BCUT2D eigenvalue weighted by molar-refractivity contribution is 9.10. The van der Waals surface area contributed by atoms with Crippen LogP contribution in [-0.2, 0) is 0 Å². The molecule has 0 bridgehead atoms. The van der Waals surface area contributed by atoms with E-state index in [1.807, 2.05) is 32.0 Å². The maximum absolute atomic E-state index is 9.87. The Kier molecular flexibility index (Phi) is 3.13. The van der Waals surface area contributed by atoms with E-state index in [-0.39, 0.29) is 0 Å². The number of benzene rings is 1. The standard InChI is InChI=1S/C12H16BrNO2/c1-12(2,15)8-14-6-7-16-11-9(13)4-3-5-10(11)14/h3-5,15H,6-8H2,1-2H3. The largest absolute Gasteiger partial charge is 0.488 e. The number of aliphatic hydroxyl groups is 1. The molecule has 1 N–H and O–H groups in total. The van der Waals surface area contributed by atoms with Crippen LogP contribution in [0.25, 0.3) is 0 Å². The van der Waals surface area contributed by atoms with Gasteiger partial charge in [0, 0.05) is 6.54 Å². The Morgan fingerprint density at radius 2 is 2.25 bits per heavy atom. The van der Waals surface area contributed by atoms with Crippen molar-refractivity contribution in [1.82, 2.24) is 0 Å². The summed E-state index contributed by atoms with van der Waals surface area (Å²) in [5.74, 6) is 0.873. The van der Waals surface area contributed by atoms with Gasteiger partial charge in [-0.15, -0.1) is 0 Å². The Morgan fingerprint density at radius 1 is 1.50 bits per heavy atom. The highest BCUT2D eigenvalue weighted by atomic mass is 79.9. The lowest BCUT2D eigenvalue weighted by atomic mass is 10.1. The summed E-state index contributed by atoms with van der Waals surface area (Å²) in [7, 11) is 0. The van der Waals surface area contributed by atoms with E-state index in [2.05, 4.69) is 20.8 Å². The second kappa shape index (κ2) is 4.26. The third kappa shape index (κ3) is 2.50. The second-order valence-electron chi connectivity index (χ2n) is 4.67. The molecule has 88 valence electrons. The molecule has 3 nitrogen and oxygen atoms in total. The molecule has 1 aromatic carbocycles. The normalized spacial score (nSPS) is 15.6. The molecule has 2 rings (SSSR count). The van der Waals surface area contributed by atoms with Crippen molar-refractivity contribution in [2.45, 2.75) is 19.4 Å². The van der Waals surface area contributed by atoms with Gasteiger partial charge in [0.05, 0.1) is 22.3 Å². The minimum Gasteiger partial charge on any atom is -0.488 e. The van der Waals surface area contributed by atoms with Crippen molar-refractivity contribution in [1.29, 1.82) is 0 Å². The van der Waals surface area contributed by atoms with Gasteiger partial charge < -0.3 is 14.7 Å². The van der Waals surface area contributed by atoms with E-state index in [4.69, 9.17) is 4.74 Å². The Bertz CT molecular complexity index is 387. The van der Waals surface area contributed by atoms with E-state index in [9.17, 15) is 5.11 Å². The SMILES string of the molecule is CC(C)(O)CN1CCOc2c(Br)cccc21. The molecule has 1 heterocycles. The van der Waals surface area contributed by atoms with E-state index >= 15 is 0 Å². The number of nitrogens with zero attached hydrogens (tertiary/aromatic N) is 1. The van der Waals surface area contributed by atoms with Crippen LogP contribution < -0.4 is 9.64 Å². The van der Waals surface area contributed by atoms with Gasteiger partial charge in [-0.3, -0.25) is 0 Å². The first kappa shape index (κ1) is 11.7. The molecule has 0 atom stereocenters. The van der Waals surface area contributed by atoms with E-state index in [1.165, 1.54) is 0 Å². The fraction of sp³-hybridized carbons (Fsp3) is 0.500. The predicted octanol–water partition coefficient (Wildman–Crippen LogP) is 2.42. The van der Waals surface area contributed by atoms with Gasteiger partial charge in [-0.2, -0.15) is 0 Å². The Labute approximate surface area is 104 Å². The zero-order chi connectivity index (χ0) is 11.8. The summed E-state index contributed by atoms with van der Waals surface area (Å²) in [4.78, 5) is 2.16. The van der Waals surface area contributed by atoms with Crippen LogP contribution in [-0.4, -0.2) is 30.4 Å². The summed E-state index contributed by atoms with van der Waals surface area (Å²) in [5, 5.41) is 9.87. The summed E-state index contributed by atoms with van der Waals surface area (Å²) in [5.41, 5.74) is 0.347. The molecule has 0 unspecified atom stereocenters. The molecule has 4 heteroatoms. The van der Waals surface area contributed by atoms with Gasteiger partial charge in [0.1, 0.15) is 6.61 Å². The van der Waals surface area contributed by atoms with E-state index in [0.717, 1.165) is 22.5 Å². The average Bonchev–Trinajstić information content (AvgIpc) is 2.17. The van der Waals surface area contributed by atoms with Crippen molar-refractivity contribution in [2.75, 3.05) is 24.6 Å². The van der Waals surface area contributed by atoms with Crippen molar-refractivity contribution in [2.24, 2.45) is 0 Å². The van der Waals surface area contributed by atoms with Crippen LogP contribution >= 0.6 is 15.9 Å². The lowest BCUT2D eigenvalue weighted by Crippen LogP contribution is -2.42. The number of rotatable bonds is 2. The molecular weight excluding hydrogens is 270 g/mol. The van der Waals surface area contributed by atoms with Gasteiger partial charge in [-0.25, -0.2) is 0 Å². The predicted molar refractivity (Wildman–Crippen MR) is 68.1 cm³/mol. The first-order chi connectivity index (χ1) is 7.47. The first-order valence-corrected chi connectivity index (χ1v) is 6.15. The van der Waals surface area contributed by atoms with Crippen LogP contribution in [0, 0.1) is 0 Å². The van der Waals surface area contributed by atoms with Crippen LogP contribution in [0.5, 0.6) is 5.75 Å². The van der Waals surface area contributed by atoms with Crippen molar-refractivity contribution in [3.8, 4) is 5.75 Å². The van der Waals surface area contributed by atoms with Crippen LogP contribution in [0.3, 0.4) is 0 Å². The summed E-state index contributed by atoms with van der Waals surface area (Å²) in [6.45, 7) is 5.72. The zero-order valence-corrected chi connectivity index (χ0v) is 11.1. The van der Waals surface area contributed by atoms with E-state index < -0.39 is 5.60 Å². The molecule has 0 radical (unpaired) electrons. The van der Waals surface area contributed by atoms with Crippen LogP contribution in [0.2, 0.25) is 0 Å². The molecular formula is C12H16BrNO2. The van der Waals surface area contributed by atoms with Crippen molar-refractivity contribution >= 4 is 21.6 Å². The van der Waals surface area contributed by atoms with Gasteiger partial charge >= 0.3 is 0 Å². The Morgan fingerprint density at radius 3 is 2.94 bits per heavy atom. The number of hydrogen-bond donors (Lipinski definition) is 1. The number of β-amino-alcohol motifs (C(OH)–C–C–N with tert-alkyl or cyclic N) is 1. The third-order valence-corrected chi connectivity index (χ3v) is 3.10. The van der Waals surface area contributed by atoms with Gasteiger partial charge in [0.15, 0.2) is 5.75 Å². The number of fused-ring (bicyclic) bond motifs is 1. The Hall–Kier alpha value is -0.740. The van der Waals surface area contributed by atoms with Gasteiger partial charge in [0.2, 0.25) is 0 Å². The smallest absolute Gasteiger partial charge is 0.156 e. The van der Waals surface area contributed by atoms with Crippen LogP contribution in [0.1, 0.15) is 13.8 Å². The maximum Gasteiger partial charge on any atom is 0.156 e. The molecule has 1 aromatic rings. The third-order valence-electron chi connectivity index (χ3n) is 2.47. The molecule has 1 aliphatic rings. The van der Waals surface area contributed by atoms with E-state index in [1.54, 1.807) is 0 Å². The quantitative estimate of drug-likeness (QED) is 0.906. The number of hydrogen-bond acceptors (Lipinski definition) is 3. The number of halogens is 1. The lowest BCUT2D eigenvalue weighted by Gasteiger charge is -2.35. The first-order valence-electron chi connectivity index (χ1n) is 5.36. The van der Waals surface area contributed by atoms with Crippen molar-refractivity contribution in [3.05, 3.63) is 22.7 Å². The topological polar surface area (TPSA) is 32.7 Å². The molecule has 0 fully saturated rings. The molecule has 0 saturated carbocycles. The van der Waals surface area contributed by atoms with Crippen molar-refractivity contribution < 1.29 is 9.84 Å². The number of anilines is 1. The molecule has 1 aliphatic heterocycles. The average molecular weight is 286 g/mol. The monoisotopic (exact) mass is 285 g/mol. The fourth-order valence-electron chi connectivity index (χ4n) is 1.90. The molecule has 0 amide bonds. The maximum atomic E-state index is 9.87. The van der Waals surface area contributed by atoms with Crippen molar-refractivity contribution in [3.63, 3.8) is 0 Å². The minimum absolute atomic E-state index is 0.611. The summed E-state index contributed by atoms with van der Waals surface area (Å²) < 4.78 is 6.59. The van der Waals surface area contributed by atoms with E-state index in [0.29, 0.717) is 13.2 Å². The van der Waals surface area contributed by atoms with Gasteiger partial charge in [0.25, 0.3) is 0 Å². The van der Waals surface area contributed by atoms with Crippen LogP contribution in [0.4, 0.5) is 5.69 Å². The summed E-state index contributed by atoms with van der Waals surface area (Å²) in [6.07, 6.45) is 0. The van der Waals surface area contributed by atoms with Gasteiger partial charge in [-0.05, 0) is 41.9 Å². The molecule has 0 aromatic heterocycles. The molecule has 16 heavy (non-hydrogen) atoms. The highest BCUT2D eigenvalue weighted by Crippen LogP contribution is 2.38. The summed E-state index contributed by atoms with van der Waals surface area (Å²) >= 11 is 3.47. The molecule has 0 aliphatic carbocycles. The fourth-order valence-corrected chi connectivity index (χ4v) is 2.37. The number of ether oxygens (including phenoxy) is 1. The Balaban J connectivity index is 2.30. The molecule has 0 saturated heterocycles. The highest BCUT2D eigenvalue weighted by Gasteiger charge is 2.24. The second-order valence-corrected chi connectivity index (χ2v) is 5.52. The number of para-hydroxylation sites is 1. The zero-order valence-electron chi connectivity index (χ0n) is 9.53. The summed E-state index contributed by atoms with van der Waals surface area (Å²) in [6, 6.07) is 5.96. The lowest BCUT2D eigenvalue weighted by molar-refractivity contribution is 0.0854.